The summed E-state index contributed by atoms with van der Waals surface area (Å²) in [5.41, 5.74) is 4.89. The van der Waals surface area contributed by atoms with Crippen molar-refractivity contribution in [3.8, 4) is 0 Å². The van der Waals surface area contributed by atoms with Gasteiger partial charge < -0.3 is 5.32 Å². The zero-order valence-electron chi connectivity index (χ0n) is 23.2. The first kappa shape index (κ1) is 27.0. The van der Waals surface area contributed by atoms with E-state index < -0.39 is 0 Å². The van der Waals surface area contributed by atoms with Gasteiger partial charge >= 0.3 is 0 Å². The number of anilines is 1. The van der Waals surface area contributed by atoms with Crippen molar-refractivity contribution in [3.63, 3.8) is 0 Å². The zero-order valence-corrected chi connectivity index (χ0v) is 24.0. The summed E-state index contributed by atoms with van der Waals surface area (Å²) >= 11 is 1.44. The number of thiazole rings is 1. The molecular formula is C33H28N8S. The monoisotopic (exact) mass is 568 g/mol. The number of nitrogens with one attached hydrogen (secondary N) is 1. The molecule has 6 aromatic rings. The first-order valence-corrected chi connectivity index (χ1v) is 14.6. The summed E-state index contributed by atoms with van der Waals surface area (Å²) < 4.78 is 0. The van der Waals surface area contributed by atoms with Crippen molar-refractivity contribution in [2.45, 2.75) is 26.3 Å². The lowest BCUT2D eigenvalue weighted by atomic mass is 10.1. The van der Waals surface area contributed by atoms with Gasteiger partial charge in [-0.05, 0) is 61.9 Å². The highest BCUT2D eigenvalue weighted by molar-refractivity contribution is 7.13. The van der Waals surface area contributed by atoms with Crippen LogP contribution in [0.5, 0.6) is 0 Å². The largest absolute Gasteiger partial charge is 0.382 e. The third-order valence-electron chi connectivity index (χ3n) is 6.85. The predicted molar refractivity (Wildman–Crippen MR) is 172 cm³/mol. The average molecular weight is 569 g/mol. The summed E-state index contributed by atoms with van der Waals surface area (Å²) in [6.45, 7) is 4.36. The Kier molecular flexibility index (Phi) is 8.09. The molecule has 0 saturated carbocycles. The lowest BCUT2D eigenvalue weighted by molar-refractivity contribution is 0.765. The molecule has 0 spiro atoms. The van der Waals surface area contributed by atoms with Crippen LogP contribution in [0.1, 0.15) is 20.3 Å². The van der Waals surface area contributed by atoms with Gasteiger partial charge in [-0.25, -0.2) is 4.98 Å². The number of benzene rings is 5. The Morgan fingerprint density at radius 1 is 0.619 bits per heavy atom. The standard InChI is InChI=1S/C33H28N8S/c1-3-22(2)35-29-16-17-31(26-9-5-4-8-25(26)29)39-40-32-19-18-30(27-10-6-7-11-28(27)32)38-36-23-12-14-24(15-13-23)37-41-33-34-20-21-42-33/h4-22,35H,3H2,1-2H3. The number of azo groups is 3. The van der Waals surface area contributed by atoms with E-state index in [0.29, 0.717) is 16.9 Å². The van der Waals surface area contributed by atoms with Gasteiger partial charge in [0.25, 0.3) is 0 Å². The Morgan fingerprint density at radius 2 is 1.12 bits per heavy atom. The molecule has 0 saturated heterocycles. The molecule has 0 aliphatic rings. The van der Waals surface area contributed by atoms with Crippen LogP contribution in [0, 0.1) is 0 Å². The maximum atomic E-state index is 4.68. The summed E-state index contributed by atoms with van der Waals surface area (Å²) in [5, 5.41) is 36.9. The Balaban J connectivity index is 1.25. The number of hydrogen-bond acceptors (Lipinski definition) is 9. The summed E-state index contributed by atoms with van der Waals surface area (Å²) in [5.74, 6) is 0. The van der Waals surface area contributed by atoms with E-state index in [0.717, 1.165) is 56.4 Å². The van der Waals surface area contributed by atoms with Crippen LogP contribution in [0.4, 0.5) is 39.3 Å². The molecule has 0 aliphatic carbocycles. The quantitative estimate of drug-likeness (QED) is 0.175. The number of rotatable bonds is 9. The van der Waals surface area contributed by atoms with Crippen LogP contribution in [0.2, 0.25) is 0 Å². The maximum absolute atomic E-state index is 4.68. The number of hydrogen-bond donors (Lipinski definition) is 1. The van der Waals surface area contributed by atoms with Crippen molar-refractivity contribution in [2.75, 3.05) is 5.32 Å². The number of aromatic nitrogens is 1. The summed E-state index contributed by atoms with van der Waals surface area (Å²) in [6, 6.07) is 32.1. The molecule has 0 amide bonds. The minimum absolute atomic E-state index is 0.382. The highest BCUT2D eigenvalue weighted by Crippen LogP contribution is 2.37. The Morgan fingerprint density at radius 3 is 1.67 bits per heavy atom. The van der Waals surface area contributed by atoms with E-state index in [2.05, 4.69) is 79.1 Å². The molecular weight excluding hydrogens is 540 g/mol. The van der Waals surface area contributed by atoms with Crippen molar-refractivity contribution in [2.24, 2.45) is 30.7 Å². The summed E-state index contributed by atoms with van der Waals surface area (Å²) in [7, 11) is 0. The molecule has 8 nitrogen and oxygen atoms in total. The Labute approximate surface area is 247 Å². The van der Waals surface area contributed by atoms with Gasteiger partial charge in [0.2, 0.25) is 5.13 Å². The van der Waals surface area contributed by atoms with E-state index in [1.165, 1.54) is 11.3 Å². The van der Waals surface area contributed by atoms with Gasteiger partial charge in [0.05, 0.1) is 28.4 Å². The normalized spacial score (nSPS) is 12.7. The molecule has 42 heavy (non-hydrogen) atoms. The fraction of sp³-hybridized carbons (Fsp3) is 0.121. The second kappa shape index (κ2) is 12.6. The molecule has 9 heteroatoms. The van der Waals surface area contributed by atoms with Crippen molar-refractivity contribution < 1.29 is 0 Å². The molecule has 1 heterocycles. The smallest absolute Gasteiger partial charge is 0.229 e. The van der Waals surface area contributed by atoms with Crippen LogP contribution >= 0.6 is 11.3 Å². The Hall–Kier alpha value is -5.15. The first-order chi connectivity index (χ1) is 20.7. The fourth-order valence-corrected chi connectivity index (χ4v) is 4.93. The lowest BCUT2D eigenvalue weighted by Crippen LogP contribution is -2.13. The first-order valence-electron chi connectivity index (χ1n) is 13.7. The van der Waals surface area contributed by atoms with Crippen molar-refractivity contribution in [1.82, 2.24) is 4.98 Å². The third kappa shape index (κ3) is 6.11. The number of fused-ring (bicyclic) bond motifs is 2. The molecule has 0 fully saturated rings. The van der Waals surface area contributed by atoms with Crippen molar-refractivity contribution in [1.29, 1.82) is 0 Å². The van der Waals surface area contributed by atoms with Crippen LogP contribution in [-0.4, -0.2) is 11.0 Å². The van der Waals surface area contributed by atoms with Gasteiger partial charge in [-0.1, -0.05) is 55.5 Å². The zero-order chi connectivity index (χ0) is 28.7. The van der Waals surface area contributed by atoms with E-state index in [-0.39, 0.29) is 0 Å². The van der Waals surface area contributed by atoms with Gasteiger partial charge in [-0.3, -0.25) is 0 Å². The average Bonchev–Trinajstić information content (AvgIpc) is 3.57. The molecule has 206 valence electrons. The highest BCUT2D eigenvalue weighted by Gasteiger charge is 2.09. The molecule has 1 aromatic heterocycles. The van der Waals surface area contributed by atoms with E-state index in [1.807, 2.05) is 78.2 Å². The molecule has 0 radical (unpaired) electrons. The molecule has 1 N–H and O–H groups in total. The third-order valence-corrected chi connectivity index (χ3v) is 7.51. The van der Waals surface area contributed by atoms with Crippen molar-refractivity contribution >= 4 is 72.1 Å². The van der Waals surface area contributed by atoms with Crippen LogP contribution in [0.25, 0.3) is 21.5 Å². The van der Waals surface area contributed by atoms with E-state index in [9.17, 15) is 0 Å². The summed E-state index contributed by atoms with van der Waals surface area (Å²) in [6.07, 6.45) is 2.75. The molecule has 0 aliphatic heterocycles. The molecule has 5 aromatic carbocycles. The topological polar surface area (TPSA) is 99.1 Å². The molecule has 1 unspecified atom stereocenters. The minimum Gasteiger partial charge on any atom is -0.382 e. The maximum Gasteiger partial charge on any atom is 0.229 e. The molecule has 0 bridgehead atoms. The second-order valence-corrected chi connectivity index (χ2v) is 10.6. The van der Waals surface area contributed by atoms with Gasteiger partial charge in [0, 0.05) is 44.9 Å². The van der Waals surface area contributed by atoms with Gasteiger partial charge in [-0.15, -0.1) is 36.9 Å². The van der Waals surface area contributed by atoms with Crippen LogP contribution < -0.4 is 5.32 Å². The lowest BCUT2D eigenvalue weighted by Gasteiger charge is -2.15. The van der Waals surface area contributed by atoms with Gasteiger partial charge in [0.1, 0.15) is 0 Å². The Bertz CT molecular complexity index is 1910. The second-order valence-electron chi connectivity index (χ2n) is 9.71. The number of nitrogens with zero attached hydrogens (tertiary/aromatic N) is 7. The summed E-state index contributed by atoms with van der Waals surface area (Å²) in [4.78, 5) is 4.11. The van der Waals surface area contributed by atoms with Crippen molar-refractivity contribution in [3.05, 3.63) is 109 Å². The van der Waals surface area contributed by atoms with Crippen LogP contribution in [0.15, 0.2) is 139 Å². The van der Waals surface area contributed by atoms with E-state index in [1.54, 1.807) is 6.20 Å². The SMILES string of the molecule is CCC(C)Nc1ccc(N=Nc2ccc(N=Nc3ccc(N=Nc4nccs4)cc3)c3ccccc23)c2ccccc12. The van der Waals surface area contributed by atoms with E-state index in [4.69, 9.17) is 0 Å². The fourth-order valence-electron chi connectivity index (χ4n) is 4.48. The van der Waals surface area contributed by atoms with Gasteiger partial charge in [-0.2, -0.15) is 5.11 Å². The predicted octanol–water partition coefficient (Wildman–Crippen LogP) is 11.9. The van der Waals surface area contributed by atoms with Crippen LogP contribution in [0.3, 0.4) is 0 Å². The van der Waals surface area contributed by atoms with E-state index >= 15 is 0 Å². The van der Waals surface area contributed by atoms with Gasteiger partial charge in [0.15, 0.2) is 0 Å². The molecule has 1 atom stereocenters. The minimum atomic E-state index is 0.382. The molecule has 6 rings (SSSR count). The highest BCUT2D eigenvalue weighted by atomic mass is 32.1. The van der Waals surface area contributed by atoms with Crippen LogP contribution in [-0.2, 0) is 0 Å².